The first kappa shape index (κ1) is 19.1. The average molecular weight is 409 g/mol. The van der Waals surface area contributed by atoms with Gasteiger partial charge < -0.3 is 15.2 Å². The number of imidazole rings is 1. The Morgan fingerprint density at radius 3 is 2.16 bits per heavy atom. The van der Waals surface area contributed by atoms with E-state index in [0.29, 0.717) is 0 Å². The zero-order chi connectivity index (χ0) is 21.0. The number of anilines is 1. The van der Waals surface area contributed by atoms with Crippen LogP contribution in [0.1, 0.15) is 29.4 Å². The van der Waals surface area contributed by atoms with Crippen molar-refractivity contribution >= 4 is 11.7 Å². The Morgan fingerprint density at radius 1 is 0.871 bits per heavy atom. The fraction of sp³-hybridized carbons (Fsp3) is 0.154. The van der Waals surface area contributed by atoms with E-state index < -0.39 is 0 Å². The Morgan fingerprint density at radius 2 is 1.52 bits per heavy atom. The number of hydrogen-bond acceptors (Lipinski definition) is 2. The third kappa shape index (κ3) is 4.08. The van der Waals surface area contributed by atoms with Gasteiger partial charge in [0.2, 0.25) is 0 Å². The number of aryl methyl sites for hydroxylation is 1. The number of urea groups is 1. The lowest BCUT2D eigenvalue weighted by molar-refractivity contribution is 0.250. The monoisotopic (exact) mass is 408 g/mol. The fourth-order valence-electron chi connectivity index (χ4n) is 4.16. The molecule has 5 nitrogen and oxygen atoms in total. The van der Waals surface area contributed by atoms with Crippen molar-refractivity contribution in [2.75, 3.05) is 5.32 Å². The number of nitrogens with one attached hydrogen (secondary N) is 2. The van der Waals surface area contributed by atoms with Gasteiger partial charge in [0, 0.05) is 18.7 Å². The molecule has 0 radical (unpaired) electrons. The van der Waals surface area contributed by atoms with Gasteiger partial charge >= 0.3 is 6.03 Å². The van der Waals surface area contributed by atoms with Gasteiger partial charge in [0.1, 0.15) is 5.82 Å². The van der Waals surface area contributed by atoms with Crippen LogP contribution < -0.4 is 10.6 Å². The number of aromatic nitrogens is 2. The van der Waals surface area contributed by atoms with E-state index in [4.69, 9.17) is 0 Å². The molecule has 2 N–H and O–H groups in total. The van der Waals surface area contributed by atoms with E-state index in [9.17, 15) is 4.79 Å². The maximum Gasteiger partial charge on any atom is 0.319 e. The molecule has 0 spiro atoms. The standard InChI is InChI=1S/C26H24N4O/c31-26(29-25(20-8-3-1-4-9-20)21-10-5-2-6-11-21)28-22-15-13-19(14-16-22)23-18-27-24-12-7-17-30(23)24/h1-6,8-11,13-16,18,25H,7,12,17H2,(H2,28,29,31). The van der Waals surface area contributed by atoms with E-state index in [1.54, 1.807) is 0 Å². The van der Waals surface area contributed by atoms with E-state index in [2.05, 4.69) is 20.2 Å². The van der Waals surface area contributed by atoms with Crippen LogP contribution in [0, 0.1) is 0 Å². The van der Waals surface area contributed by atoms with Gasteiger partial charge in [-0.2, -0.15) is 0 Å². The Balaban J connectivity index is 1.31. The predicted octanol–water partition coefficient (Wildman–Crippen LogP) is 5.41. The summed E-state index contributed by atoms with van der Waals surface area (Å²) in [7, 11) is 0. The van der Waals surface area contributed by atoms with Gasteiger partial charge in [0.15, 0.2) is 0 Å². The molecule has 1 aliphatic heterocycles. The van der Waals surface area contributed by atoms with Crippen molar-refractivity contribution in [3.63, 3.8) is 0 Å². The van der Waals surface area contributed by atoms with Gasteiger partial charge in [0.25, 0.3) is 0 Å². The highest BCUT2D eigenvalue weighted by Gasteiger charge is 2.18. The van der Waals surface area contributed by atoms with Gasteiger partial charge in [-0.1, -0.05) is 72.8 Å². The van der Waals surface area contributed by atoms with Gasteiger partial charge in [-0.25, -0.2) is 9.78 Å². The van der Waals surface area contributed by atoms with E-state index in [-0.39, 0.29) is 12.1 Å². The second kappa shape index (κ2) is 8.48. The number of carbonyl (C=O) groups excluding carboxylic acids is 1. The Bertz CT molecular complexity index is 1130. The fourth-order valence-corrected chi connectivity index (χ4v) is 4.16. The quantitative estimate of drug-likeness (QED) is 0.464. The molecule has 1 aromatic heterocycles. The molecule has 154 valence electrons. The Kier molecular flexibility index (Phi) is 5.23. The second-order valence-corrected chi connectivity index (χ2v) is 7.75. The summed E-state index contributed by atoms with van der Waals surface area (Å²) in [4.78, 5) is 17.3. The van der Waals surface area contributed by atoms with E-state index in [1.165, 1.54) is 0 Å². The van der Waals surface area contributed by atoms with E-state index in [0.717, 1.165) is 53.3 Å². The zero-order valence-corrected chi connectivity index (χ0v) is 17.2. The van der Waals surface area contributed by atoms with E-state index >= 15 is 0 Å². The highest BCUT2D eigenvalue weighted by Crippen LogP contribution is 2.27. The number of rotatable bonds is 5. The Hall–Kier alpha value is -3.86. The van der Waals surface area contributed by atoms with Gasteiger partial charge in [0.05, 0.1) is 17.9 Å². The highest BCUT2D eigenvalue weighted by atomic mass is 16.2. The zero-order valence-electron chi connectivity index (χ0n) is 17.2. The molecule has 0 bridgehead atoms. The molecule has 0 saturated heterocycles. The average Bonchev–Trinajstić information content (AvgIpc) is 3.44. The normalized spacial score (nSPS) is 12.5. The molecule has 0 unspecified atom stereocenters. The molecular weight excluding hydrogens is 384 g/mol. The van der Waals surface area contributed by atoms with Gasteiger partial charge in [-0.3, -0.25) is 0 Å². The minimum atomic E-state index is -0.240. The Labute approximate surface area is 181 Å². The van der Waals surface area contributed by atoms with Crippen molar-refractivity contribution in [2.24, 2.45) is 0 Å². The number of carbonyl (C=O) groups is 1. The van der Waals surface area contributed by atoms with Crippen LogP contribution in [0.2, 0.25) is 0 Å². The first-order chi connectivity index (χ1) is 15.3. The summed E-state index contributed by atoms with van der Waals surface area (Å²) in [5.41, 5.74) is 5.07. The summed E-state index contributed by atoms with van der Waals surface area (Å²) in [6.45, 7) is 1.02. The number of nitrogens with zero attached hydrogens (tertiary/aromatic N) is 2. The minimum absolute atomic E-state index is 0.226. The maximum absolute atomic E-state index is 12.8. The third-order valence-electron chi connectivity index (χ3n) is 5.70. The summed E-state index contributed by atoms with van der Waals surface area (Å²) in [6, 6.07) is 27.4. The van der Waals surface area contributed by atoms with Gasteiger partial charge in [-0.05, 0) is 35.2 Å². The van der Waals surface area contributed by atoms with Crippen LogP contribution in [0.15, 0.2) is 91.1 Å². The van der Waals surface area contributed by atoms with Crippen LogP contribution in [0.25, 0.3) is 11.3 Å². The topological polar surface area (TPSA) is 59.0 Å². The first-order valence-corrected chi connectivity index (χ1v) is 10.6. The van der Waals surface area contributed by atoms with Crippen molar-refractivity contribution in [3.8, 4) is 11.3 Å². The lowest BCUT2D eigenvalue weighted by Gasteiger charge is -2.20. The van der Waals surface area contributed by atoms with Crippen molar-refractivity contribution < 1.29 is 4.79 Å². The first-order valence-electron chi connectivity index (χ1n) is 10.6. The molecule has 0 atom stereocenters. The van der Waals surface area contributed by atoms with Crippen LogP contribution in [0.4, 0.5) is 10.5 Å². The van der Waals surface area contributed by atoms with Crippen LogP contribution >= 0.6 is 0 Å². The number of amides is 2. The van der Waals surface area contributed by atoms with Gasteiger partial charge in [-0.15, -0.1) is 0 Å². The smallest absolute Gasteiger partial charge is 0.319 e. The molecule has 5 rings (SSSR count). The number of hydrogen-bond donors (Lipinski definition) is 2. The molecule has 5 heteroatoms. The highest BCUT2D eigenvalue weighted by molar-refractivity contribution is 5.90. The number of fused-ring (bicyclic) bond motifs is 1. The number of benzene rings is 3. The molecular formula is C26H24N4O. The van der Waals surface area contributed by atoms with Crippen molar-refractivity contribution in [1.82, 2.24) is 14.9 Å². The minimum Gasteiger partial charge on any atom is -0.328 e. The summed E-state index contributed by atoms with van der Waals surface area (Å²) < 4.78 is 2.28. The van der Waals surface area contributed by atoms with Crippen molar-refractivity contribution in [3.05, 3.63) is 108 Å². The maximum atomic E-state index is 12.8. The lowest BCUT2D eigenvalue weighted by atomic mass is 9.99. The molecule has 2 heterocycles. The molecule has 0 fully saturated rings. The molecule has 2 amide bonds. The molecule has 31 heavy (non-hydrogen) atoms. The molecule has 0 saturated carbocycles. The predicted molar refractivity (Wildman–Crippen MR) is 123 cm³/mol. The van der Waals surface area contributed by atoms with Crippen LogP contribution in [-0.4, -0.2) is 15.6 Å². The largest absolute Gasteiger partial charge is 0.328 e. The SMILES string of the molecule is O=C(Nc1ccc(-c2cnc3n2CCC3)cc1)NC(c1ccccc1)c1ccccc1. The second-order valence-electron chi connectivity index (χ2n) is 7.75. The summed E-state index contributed by atoms with van der Waals surface area (Å²) in [5, 5.41) is 6.07. The lowest BCUT2D eigenvalue weighted by Crippen LogP contribution is -2.33. The van der Waals surface area contributed by atoms with Crippen LogP contribution in [-0.2, 0) is 13.0 Å². The van der Waals surface area contributed by atoms with Crippen molar-refractivity contribution in [1.29, 1.82) is 0 Å². The third-order valence-corrected chi connectivity index (χ3v) is 5.70. The molecule has 0 aliphatic carbocycles. The van der Waals surface area contributed by atoms with Crippen LogP contribution in [0.5, 0.6) is 0 Å². The molecule has 4 aromatic rings. The molecule has 3 aromatic carbocycles. The van der Waals surface area contributed by atoms with Crippen LogP contribution in [0.3, 0.4) is 0 Å². The molecule has 1 aliphatic rings. The summed E-state index contributed by atoms with van der Waals surface area (Å²) >= 11 is 0. The summed E-state index contributed by atoms with van der Waals surface area (Å²) in [6.07, 6.45) is 4.14. The summed E-state index contributed by atoms with van der Waals surface area (Å²) in [5.74, 6) is 1.16. The van der Waals surface area contributed by atoms with Crippen molar-refractivity contribution in [2.45, 2.75) is 25.4 Å². The van der Waals surface area contributed by atoms with E-state index in [1.807, 2.05) is 91.1 Å².